The number of fused-ring (bicyclic) bond motifs is 1. The molecule has 3 rings (SSSR count). The first-order valence-corrected chi connectivity index (χ1v) is 8.12. The molecule has 0 fully saturated rings. The van der Waals surface area contributed by atoms with Crippen LogP contribution in [0.2, 0.25) is 0 Å². The number of rotatable bonds is 4. The van der Waals surface area contributed by atoms with E-state index in [1.165, 1.54) is 23.0 Å². The minimum atomic E-state index is -1.09. The van der Waals surface area contributed by atoms with Gasteiger partial charge in [0.2, 0.25) is 0 Å². The number of aromatic nitrogens is 1. The first-order valence-electron chi connectivity index (χ1n) is 7.25. The largest absolute Gasteiger partial charge is 0.505 e. The molecule has 2 aromatic heterocycles. The zero-order valence-electron chi connectivity index (χ0n) is 13.4. The van der Waals surface area contributed by atoms with Gasteiger partial charge < -0.3 is 14.9 Å². The number of hydrogen-bond donors (Lipinski definition) is 2. The molecule has 0 radical (unpaired) electrons. The minimum absolute atomic E-state index is 0.208. The summed E-state index contributed by atoms with van der Waals surface area (Å²) in [5.74, 6) is -3.00. The number of phenolic OH excluding ortho intramolecular Hbond substituents is 1. The van der Waals surface area contributed by atoms with E-state index in [1.54, 1.807) is 18.4 Å². The highest BCUT2D eigenvalue weighted by molar-refractivity contribution is 7.12. The molecule has 0 unspecified atom stereocenters. The Morgan fingerprint density at radius 3 is 2.64 bits per heavy atom. The summed E-state index contributed by atoms with van der Waals surface area (Å²) < 4.78 is 20.2. The second-order valence-electron chi connectivity index (χ2n) is 5.45. The van der Waals surface area contributed by atoms with Gasteiger partial charge in [-0.1, -0.05) is 0 Å². The highest BCUT2D eigenvalue weighted by Crippen LogP contribution is 2.33. The van der Waals surface area contributed by atoms with Crippen molar-refractivity contribution in [3.8, 4) is 10.8 Å². The smallest absolute Gasteiger partial charge is 0.307 e. The predicted octanol–water partition coefficient (Wildman–Crippen LogP) is 3.18. The van der Waals surface area contributed by atoms with Crippen LogP contribution in [0, 0.1) is 12.7 Å². The van der Waals surface area contributed by atoms with Crippen molar-refractivity contribution in [2.75, 3.05) is 7.11 Å². The lowest BCUT2D eigenvalue weighted by molar-refractivity contribution is -0.136. The molecule has 0 aliphatic rings. The molecule has 130 valence electrons. The highest BCUT2D eigenvalue weighted by Gasteiger charge is 2.23. The number of carbonyl (C=O) groups is 2. The van der Waals surface area contributed by atoms with Crippen LogP contribution in [0.25, 0.3) is 10.9 Å². The van der Waals surface area contributed by atoms with E-state index in [-0.39, 0.29) is 11.9 Å². The van der Waals surface area contributed by atoms with Crippen LogP contribution in [-0.2, 0) is 11.2 Å². The number of hydrogen-bond acceptors (Lipinski definition) is 5. The van der Waals surface area contributed by atoms with Crippen LogP contribution in [0.3, 0.4) is 0 Å². The third-order valence-corrected chi connectivity index (χ3v) is 4.85. The number of halogens is 1. The number of carboxylic acids is 1. The Morgan fingerprint density at radius 2 is 2.04 bits per heavy atom. The summed E-state index contributed by atoms with van der Waals surface area (Å²) in [7, 11) is 1.49. The van der Waals surface area contributed by atoms with Crippen LogP contribution in [0.15, 0.2) is 23.6 Å². The molecule has 0 spiro atoms. The number of phenols is 1. The van der Waals surface area contributed by atoms with E-state index in [2.05, 4.69) is 0 Å². The fourth-order valence-electron chi connectivity index (χ4n) is 2.79. The zero-order valence-corrected chi connectivity index (χ0v) is 14.2. The van der Waals surface area contributed by atoms with Gasteiger partial charge in [-0.3, -0.25) is 14.2 Å². The summed E-state index contributed by atoms with van der Waals surface area (Å²) >= 11 is 1.24. The van der Waals surface area contributed by atoms with Crippen molar-refractivity contribution in [1.29, 1.82) is 0 Å². The third kappa shape index (κ3) is 2.85. The number of carboxylic acid groups (broad SMARTS) is 1. The average Bonchev–Trinajstić information content (AvgIpc) is 3.12. The second-order valence-corrected chi connectivity index (χ2v) is 6.33. The Morgan fingerprint density at radius 1 is 1.32 bits per heavy atom. The SMILES string of the molecule is COc1cc(C(=O)n2c(C)c(CC(=O)O)c3cc(O)c(F)cc32)cs1. The standard InChI is InChI=1S/C17H14FNO5S/c1-8-10(5-15(21)22)11-4-14(20)12(18)6-13(11)19(8)17(23)9-3-16(24-2)25-7-9/h3-4,6-7,20H,5H2,1-2H3,(H,21,22). The molecule has 2 heterocycles. The second kappa shape index (κ2) is 6.21. The number of aromatic hydroxyl groups is 1. The van der Waals surface area contributed by atoms with Crippen molar-refractivity contribution in [2.24, 2.45) is 0 Å². The monoisotopic (exact) mass is 363 g/mol. The van der Waals surface area contributed by atoms with Crippen molar-refractivity contribution in [3.63, 3.8) is 0 Å². The van der Waals surface area contributed by atoms with Crippen LogP contribution in [0.5, 0.6) is 10.8 Å². The van der Waals surface area contributed by atoms with Crippen LogP contribution < -0.4 is 4.74 Å². The Kier molecular flexibility index (Phi) is 4.22. The van der Waals surface area contributed by atoms with Crippen molar-refractivity contribution in [3.05, 3.63) is 46.2 Å². The summed E-state index contributed by atoms with van der Waals surface area (Å²) in [4.78, 5) is 24.0. The van der Waals surface area contributed by atoms with Gasteiger partial charge in [0.1, 0.15) is 0 Å². The highest BCUT2D eigenvalue weighted by atomic mass is 32.1. The predicted molar refractivity (Wildman–Crippen MR) is 90.2 cm³/mol. The number of thiophene rings is 1. The van der Waals surface area contributed by atoms with Crippen molar-refractivity contribution in [1.82, 2.24) is 4.57 Å². The third-order valence-electron chi connectivity index (χ3n) is 3.96. The van der Waals surface area contributed by atoms with E-state index in [4.69, 9.17) is 9.84 Å². The van der Waals surface area contributed by atoms with Crippen molar-refractivity contribution < 1.29 is 28.9 Å². The van der Waals surface area contributed by atoms with Gasteiger partial charge in [-0.05, 0) is 18.6 Å². The lowest BCUT2D eigenvalue weighted by atomic mass is 10.1. The van der Waals surface area contributed by atoms with E-state index in [1.807, 2.05) is 0 Å². The number of aliphatic carboxylic acids is 1. The molecule has 6 nitrogen and oxygen atoms in total. The van der Waals surface area contributed by atoms with Gasteiger partial charge in [-0.2, -0.15) is 0 Å². The molecule has 0 aliphatic heterocycles. The molecule has 0 saturated heterocycles. The van der Waals surface area contributed by atoms with Crippen molar-refractivity contribution >= 4 is 34.1 Å². The first-order chi connectivity index (χ1) is 11.8. The molecule has 1 aromatic carbocycles. The van der Waals surface area contributed by atoms with E-state index < -0.39 is 23.4 Å². The maximum absolute atomic E-state index is 13.8. The van der Waals surface area contributed by atoms with Gasteiger partial charge in [-0.15, -0.1) is 11.3 Å². The lowest BCUT2D eigenvalue weighted by Crippen LogP contribution is -2.13. The molecule has 0 bridgehead atoms. The summed E-state index contributed by atoms with van der Waals surface area (Å²) in [5, 5.41) is 21.3. The normalized spacial score (nSPS) is 11.0. The topological polar surface area (TPSA) is 88.8 Å². The summed E-state index contributed by atoms with van der Waals surface area (Å²) in [6, 6.07) is 3.74. The van der Waals surface area contributed by atoms with Gasteiger partial charge in [0.05, 0.1) is 24.6 Å². The summed E-state index contributed by atoms with van der Waals surface area (Å²) in [6.07, 6.45) is -0.347. The molecule has 0 amide bonds. The van der Waals surface area contributed by atoms with Gasteiger partial charge in [0.15, 0.2) is 16.6 Å². The average molecular weight is 363 g/mol. The Bertz CT molecular complexity index is 1000. The van der Waals surface area contributed by atoms with Gasteiger partial charge in [0, 0.05) is 28.6 Å². The van der Waals surface area contributed by atoms with E-state index >= 15 is 0 Å². The maximum atomic E-state index is 13.8. The molecular weight excluding hydrogens is 349 g/mol. The van der Waals surface area contributed by atoms with Gasteiger partial charge >= 0.3 is 5.97 Å². The molecule has 0 atom stereocenters. The Labute approximate surface area is 145 Å². The summed E-state index contributed by atoms with van der Waals surface area (Å²) in [6.45, 7) is 1.59. The minimum Gasteiger partial charge on any atom is -0.505 e. The molecule has 8 heteroatoms. The lowest BCUT2D eigenvalue weighted by Gasteiger charge is -2.06. The molecule has 2 N–H and O–H groups in total. The van der Waals surface area contributed by atoms with E-state index in [9.17, 15) is 19.1 Å². The van der Waals surface area contributed by atoms with Gasteiger partial charge in [-0.25, -0.2) is 4.39 Å². The molecule has 3 aromatic rings. The van der Waals surface area contributed by atoms with E-state index in [0.717, 1.165) is 12.1 Å². The summed E-state index contributed by atoms with van der Waals surface area (Å²) in [5.41, 5.74) is 1.29. The Balaban J connectivity index is 2.26. The number of methoxy groups -OCH3 is 1. The Hall–Kier alpha value is -2.87. The van der Waals surface area contributed by atoms with E-state index in [0.29, 0.717) is 27.3 Å². The van der Waals surface area contributed by atoms with Crippen LogP contribution in [-0.4, -0.2) is 33.8 Å². The van der Waals surface area contributed by atoms with Crippen LogP contribution >= 0.6 is 11.3 Å². The number of ether oxygens (including phenoxy) is 1. The number of carbonyl (C=O) groups excluding carboxylic acids is 1. The molecule has 0 aliphatic carbocycles. The fourth-order valence-corrected chi connectivity index (χ4v) is 3.49. The maximum Gasteiger partial charge on any atom is 0.307 e. The molecule has 0 saturated carbocycles. The molecule has 25 heavy (non-hydrogen) atoms. The number of nitrogens with zero attached hydrogens (tertiary/aromatic N) is 1. The van der Waals surface area contributed by atoms with Gasteiger partial charge in [0.25, 0.3) is 5.91 Å². The first kappa shape index (κ1) is 17.0. The quantitative estimate of drug-likeness (QED) is 0.743. The zero-order chi connectivity index (χ0) is 18.3. The van der Waals surface area contributed by atoms with Crippen molar-refractivity contribution in [2.45, 2.75) is 13.3 Å². The number of benzene rings is 1. The fraction of sp³-hybridized carbons (Fsp3) is 0.176. The van der Waals surface area contributed by atoms with Crippen LogP contribution in [0.4, 0.5) is 4.39 Å². The van der Waals surface area contributed by atoms with Crippen LogP contribution in [0.1, 0.15) is 21.6 Å². The molecular formula is C17H14FNO5S.